The Bertz CT molecular complexity index is 2380. The molecule has 0 unspecified atom stereocenters. The zero-order valence-corrected chi connectivity index (χ0v) is 27.1. The van der Waals surface area contributed by atoms with E-state index in [-0.39, 0.29) is 0 Å². The first-order chi connectivity index (χ1) is 24.1. The lowest BCUT2D eigenvalue weighted by atomic mass is 9.48. The molecule has 0 aliphatic heterocycles. The number of fused-ring (bicyclic) bond motifs is 3. The van der Waals surface area contributed by atoms with Crippen LogP contribution >= 0.6 is 0 Å². The van der Waals surface area contributed by atoms with Gasteiger partial charge < -0.3 is 4.42 Å². The standard InChI is InChI=1S/C44H34N4O/c45-26-34-16-19-37(39-36-8-4-5-9-38(36)49-40(34)39)43-47-41(32-12-10-31(11-13-32)30-6-2-1-3-7-30)46-42(48-43)33-14-17-35(18-15-33)44-23-27-20-28(24-44)22-29(21-27)25-44/h1-19,27-29H,20-25H2/t27-,28+,29-,44?. The second-order valence-electron chi connectivity index (χ2n) is 14.6. The molecule has 5 heteroatoms. The molecule has 0 saturated heterocycles. The molecular weight excluding hydrogens is 601 g/mol. The lowest BCUT2D eigenvalue weighted by Crippen LogP contribution is -2.48. The molecule has 0 spiro atoms. The molecule has 0 amide bonds. The van der Waals surface area contributed by atoms with Crippen molar-refractivity contribution >= 4 is 21.9 Å². The quantitative estimate of drug-likeness (QED) is 0.188. The molecule has 236 valence electrons. The molecule has 4 aliphatic carbocycles. The van der Waals surface area contributed by atoms with Gasteiger partial charge in [0.1, 0.15) is 11.7 Å². The minimum absolute atomic E-state index is 0.333. The first-order valence-corrected chi connectivity index (χ1v) is 17.5. The van der Waals surface area contributed by atoms with Crippen molar-refractivity contribution in [1.82, 2.24) is 15.0 Å². The van der Waals surface area contributed by atoms with Crippen LogP contribution in [0, 0.1) is 29.1 Å². The summed E-state index contributed by atoms with van der Waals surface area (Å²) in [5.41, 5.74) is 8.59. The fourth-order valence-electron chi connectivity index (χ4n) is 9.74. The summed E-state index contributed by atoms with van der Waals surface area (Å²) in [5, 5.41) is 11.7. The van der Waals surface area contributed by atoms with E-state index >= 15 is 0 Å². The van der Waals surface area contributed by atoms with Crippen LogP contribution in [0.15, 0.2) is 120 Å². The van der Waals surface area contributed by atoms with Crippen molar-refractivity contribution in [2.24, 2.45) is 17.8 Å². The summed E-state index contributed by atoms with van der Waals surface area (Å²) in [5.74, 6) is 4.49. The predicted octanol–water partition coefficient (Wildman–Crippen LogP) is 10.8. The van der Waals surface area contributed by atoms with E-state index in [4.69, 9.17) is 19.4 Å². The number of hydrogen-bond donors (Lipinski definition) is 0. The van der Waals surface area contributed by atoms with E-state index in [0.29, 0.717) is 34.0 Å². The predicted molar refractivity (Wildman–Crippen MR) is 193 cm³/mol. The number of nitrogens with zero attached hydrogens (tertiary/aromatic N) is 4. The third kappa shape index (κ3) is 4.70. The van der Waals surface area contributed by atoms with Gasteiger partial charge in [-0.1, -0.05) is 97.1 Å². The molecule has 4 fully saturated rings. The van der Waals surface area contributed by atoms with Gasteiger partial charge in [-0.2, -0.15) is 5.26 Å². The van der Waals surface area contributed by atoms with Crippen LogP contribution in [-0.2, 0) is 5.41 Å². The minimum atomic E-state index is 0.333. The van der Waals surface area contributed by atoms with Crippen LogP contribution in [0.3, 0.4) is 0 Å². The number of aromatic nitrogens is 3. The van der Waals surface area contributed by atoms with Crippen molar-refractivity contribution in [2.45, 2.75) is 43.9 Å². The molecule has 11 rings (SSSR count). The van der Waals surface area contributed by atoms with Crippen LogP contribution in [0.1, 0.15) is 49.7 Å². The van der Waals surface area contributed by atoms with E-state index < -0.39 is 0 Å². The Morgan fingerprint density at radius 2 is 1.12 bits per heavy atom. The first kappa shape index (κ1) is 28.4. The van der Waals surface area contributed by atoms with Crippen LogP contribution in [0.25, 0.3) is 67.2 Å². The summed E-state index contributed by atoms with van der Waals surface area (Å²) in [6.45, 7) is 0. The van der Waals surface area contributed by atoms with Crippen LogP contribution in [0.5, 0.6) is 0 Å². The topological polar surface area (TPSA) is 75.6 Å². The molecule has 2 heterocycles. The Kier molecular flexibility index (Phi) is 6.36. The molecule has 4 saturated carbocycles. The van der Waals surface area contributed by atoms with Crippen molar-refractivity contribution in [3.8, 4) is 51.4 Å². The largest absolute Gasteiger partial charge is 0.455 e. The van der Waals surface area contributed by atoms with E-state index in [1.165, 1.54) is 44.1 Å². The lowest BCUT2D eigenvalue weighted by Gasteiger charge is -2.57. The van der Waals surface area contributed by atoms with E-state index in [1.807, 2.05) is 36.4 Å². The summed E-state index contributed by atoms with van der Waals surface area (Å²) >= 11 is 0. The van der Waals surface area contributed by atoms with Gasteiger partial charge in [0.15, 0.2) is 23.1 Å². The van der Waals surface area contributed by atoms with Crippen LogP contribution in [0.2, 0.25) is 0 Å². The van der Waals surface area contributed by atoms with E-state index in [1.54, 1.807) is 6.07 Å². The Labute approximate surface area is 285 Å². The summed E-state index contributed by atoms with van der Waals surface area (Å²) in [6, 6.07) is 41.9. The van der Waals surface area contributed by atoms with Crippen LogP contribution in [0.4, 0.5) is 0 Å². The monoisotopic (exact) mass is 634 g/mol. The van der Waals surface area contributed by atoms with E-state index in [2.05, 4.69) is 78.9 Å². The second-order valence-corrected chi connectivity index (χ2v) is 14.6. The molecule has 4 aliphatic rings. The molecule has 4 bridgehead atoms. The number of nitriles is 1. The molecule has 0 radical (unpaired) electrons. The van der Waals surface area contributed by atoms with Gasteiger partial charge in [0.2, 0.25) is 0 Å². The number of hydrogen-bond acceptors (Lipinski definition) is 5. The molecular formula is C44H34N4O. The van der Waals surface area contributed by atoms with Gasteiger partial charge >= 0.3 is 0 Å². The van der Waals surface area contributed by atoms with Crippen molar-refractivity contribution < 1.29 is 4.42 Å². The van der Waals surface area contributed by atoms with Gasteiger partial charge in [-0.05, 0) is 96.6 Å². The summed E-state index contributed by atoms with van der Waals surface area (Å²) in [6.07, 6.45) is 8.33. The van der Waals surface area contributed by atoms with Gasteiger partial charge in [0.05, 0.1) is 5.56 Å². The van der Waals surface area contributed by atoms with Crippen molar-refractivity contribution in [1.29, 1.82) is 5.26 Å². The van der Waals surface area contributed by atoms with Crippen LogP contribution < -0.4 is 0 Å². The average molecular weight is 635 g/mol. The van der Waals surface area contributed by atoms with Crippen molar-refractivity contribution in [2.75, 3.05) is 0 Å². The second kappa shape index (κ2) is 11.0. The van der Waals surface area contributed by atoms with E-state index in [0.717, 1.165) is 61.9 Å². The molecule has 49 heavy (non-hydrogen) atoms. The number of benzene rings is 5. The first-order valence-electron chi connectivity index (χ1n) is 17.5. The van der Waals surface area contributed by atoms with Gasteiger partial charge in [-0.3, -0.25) is 0 Å². The average Bonchev–Trinajstić information content (AvgIpc) is 3.54. The van der Waals surface area contributed by atoms with E-state index in [9.17, 15) is 5.26 Å². The summed E-state index contributed by atoms with van der Waals surface area (Å²) in [4.78, 5) is 15.3. The van der Waals surface area contributed by atoms with Gasteiger partial charge in [-0.25, -0.2) is 15.0 Å². The highest BCUT2D eigenvalue weighted by Crippen LogP contribution is 2.60. The maximum absolute atomic E-state index is 9.95. The summed E-state index contributed by atoms with van der Waals surface area (Å²) < 4.78 is 6.24. The van der Waals surface area contributed by atoms with Crippen molar-refractivity contribution in [3.63, 3.8) is 0 Å². The third-order valence-corrected chi connectivity index (χ3v) is 11.6. The number of furan rings is 1. The van der Waals surface area contributed by atoms with Crippen LogP contribution in [-0.4, -0.2) is 15.0 Å². The van der Waals surface area contributed by atoms with Gasteiger partial charge in [0.25, 0.3) is 0 Å². The highest BCUT2D eigenvalue weighted by atomic mass is 16.3. The molecule has 5 aromatic carbocycles. The number of rotatable bonds is 5. The normalized spacial score (nSPS) is 22.5. The minimum Gasteiger partial charge on any atom is -0.455 e. The molecule has 2 aromatic heterocycles. The van der Waals surface area contributed by atoms with Crippen molar-refractivity contribution in [3.05, 3.63) is 126 Å². The molecule has 5 nitrogen and oxygen atoms in total. The van der Waals surface area contributed by atoms with Gasteiger partial charge in [0, 0.05) is 27.5 Å². The molecule has 7 aromatic rings. The fraction of sp³-hybridized carbons (Fsp3) is 0.227. The Hall–Kier alpha value is -5.60. The maximum atomic E-state index is 9.95. The molecule has 0 N–H and O–H groups in total. The third-order valence-electron chi connectivity index (χ3n) is 11.6. The zero-order valence-electron chi connectivity index (χ0n) is 27.1. The SMILES string of the molecule is N#Cc1ccc(-c2nc(-c3ccc(-c4ccccc4)cc3)nc(-c3ccc(C45C[C@H]6C[C@@H](C4)C[C@@H](C5)C6)cc3)n2)c2c1oc1ccccc12. The maximum Gasteiger partial charge on any atom is 0.164 e. The summed E-state index contributed by atoms with van der Waals surface area (Å²) in [7, 11) is 0. The highest BCUT2D eigenvalue weighted by Gasteiger charge is 2.51. The fourth-order valence-corrected chi connectivity index (χ4v) is 9.74. The zero-order chi connectivity index (χ0) is 32.5. The Balaban J connectivity index is 1.11. The Morgan fingerprint density at radius 1 is 0.571 bits per heavy atom. The Morgan fingerprint density at radius 3 is 1.78 bits per heavy atom. The molecule has 0 atom stereocenters. The van der Waals surface area contributed by atoms with Gasteiger partial charge in [-0.15, -0.1) is 0 Å². The number of para-hydroxylation sites is 1. The lowest BCUT2D eigenvalue weighted by molar-refractivity contribution is -0.00518. The highest BCUT2D eigenvalue weighted by molar-refractivity contribution is 6.13. The smallest absolute Gasteiger partial charge is 0.164 e.